The van der Waals surface area contributed by atoms with Gasteiger partial charge in [-0.25, -0.2) is 4.98 Å². The zero-order chi connectivity index (χ0) is 22.4. The molecule has 0 spiro atoms. The summed E-state index contributed by atoms with van der Waals surface area (Å²) in [5, 5.41) is 2.80. The molecule has 1 aliphatic heterocycles. The van der Waals surface area contributed by atoms with Gasteiger partial charge in [0.2, 0.25) is 11.9 Å². The molecule has 0 bridgehead atoms. The SMILES string of the molecule is CC(=O)Nc1ccc(CN2CCC(/C=C/c3ccccc3)(c3cccc(F)n3)CC2)cc1. The molecule has 5 heteroatoms. The fourth-order valence-corrected chi connectivity index (χ4v) is 4.28. The fourth-order valence-electron chi connectivity index (χ4n) is 4.28. The van der Waals surface area contributed by atoms with Gasteiger partial charge in [0.15, 0.2) is 0 Å². The van der Waals surface area contributed by atoms with Crippen molar-refractivity contribution in [1.29, 1.82) is 0 Å². The molecule has 0 atom stereocenters. The summed E-state index contributed by atoms with van der Waals surface area (Å²) in [6, 6.07) is 23.3. The Morgan fingerprint density at radius 1 is 1.03 bits per heavy atom. The number of piperidine rings is 1. The Kier molecular flexibility index (Phi) is 6.76. The van der Waals surface area contributed by atoms with Crippen molar-refractivity contribution in [2.24, 2.45) is 0 Å². The average Bonchev–Trinajstić information content (AvgIpc) is 2.80. The van der Waals surface area contributed by atoms with E-state index in [0.29, 0.717) is 0 Å². The van der Waals surface area contributed by atoms with Gasteiger partial charge in [-0.3, -0.25) is 9.69 Å². The van der Waals surface area contributed by atoms with E-state index in [2.05, 4.69) is 51.6 Å². The maximum atomic E-state index is 14.0. The lowest BCUT2D eigenvalue weighted by Crippen LogP contribution is -2.41. The van der Waals surface area contributed by atoms with Gasteiger partial charge in [0.1, 0.15) is 0 Å². The molecule has 0 unspecified atom stereocenters. The molecule has 3 aromatic rings. The van der Waals surface area contributed by atoms with Crippen molar-refractivity contribution in [1.82, 2.24) is 9.88 Å². The van der Waals surface area contributed by atoms with Crippen LogP contribution in [0.3, 0.4) is 0 Å². The highest BCUT2D eigenvalue weighted by atomic mass is 19.1. The minimum atomic E-state index is -0.434. The summed E-state index contributed by atoms with van der Waals surface area (Å²) in [6.45, 7) is 4.14. The Hall–Kier alpha value is -3.31. The van der Waals surface area contributed by atoms with E-state index in [-0.39, 0.29) is 11.3 Å². The number of likely N-dealkylation sites (tertiary alicyclic amines) is 1. The van der Waals surface area contributed by atoms with E-state index < -0.39 is 5.95 Å². The lowest BCUT2D eigenvalue weighted by Gasteiger charge is -2.40. The van der Waals surface area contributed by atoms with Gasteiger partial charge in [-0.2, -0.15) is 4.39 Å². The van der Waals surface area contributed by atoms with Crippen LogP contribution < -0.4 is 5.32 Å². The van der Waals surface area contributed by atoms with Crippen molar-refractivity contribution in [3.8, 4) is 0 Å². The number of hydrogen-bond donors (Lipinski definition) is 1. The second-order valence-electron chi connectivity index (χ2n) is 8.40. The second kappa shape index (κ2) is 9.88. The van der Waals surface area contributed by atoms with E-state index in [9.17, 15) is 9.18 Å². The molecule has 1 fully saturated rings. The third kappa shape index (κ3) is 5.48. The minimum Gasteiger partial charge on any atom is -0.326 e. The van der Waals surface area contributed by atoms with Gasteiger partial charge in [0.25, 0.3) is 0 Å². The highest BCUT2D eigenvalue weighted by molar-refractivity contribution is 5.88. The normalized spacial score (nSPS) is 16.2. The van der Waals surface area contributed by atoms with Gasteiger partial charge >= 0.3 is 0 Å². The quantitative estimate of drug-likeness (QED) is 0.532. The van der Waals surface area contributed by atoms with Crippen LogP contribution in [-0.4, -0.2) is 28.9 Å². The van der Waals surface area contributed by atoms with E-state index in [1.807, 2.05) is 36.4 Å². The topological polar surface area (TPSA) is 45.2 Å². The number of benzene rings is 2. The fraction of sp³-hybridized carbons (Fsp3) is 0.259. The predicted octanol–water partition coefficient (Wildman–Crippen LogP) is 5.43. The Morgan fingerprint density at radius 2 is 1.75 bits per heavy atom. The molecule has 164 valence electrons. The Balaban J connectivity index is 1.48. The zero-order valence-corrected chi connectivity index (χ0v) is 18.3. The average molecular weight is 430 g/mol. The summed E-state index contributed by atoms with van der Waals surface area (Å²) < 4.78 is 14.0. The number of amides is 1. The van der Waals surface area contributed by atoms with Crippen molar-refractivity contribution in [3.05, 3.63) is 102 Å². The molecule has 4 nitrogen and oxygen atoms in total. The van der Waals surface area contributed by atoms with E-state index in [0.717, 1.165) is 49.4 Å². The molecular formula is C27H28FN3O. The van der Waals surface area contributed by atoms with Crippen LogP contribution in [0.2, 0.25) is 0 Å². The van der Waals surface area contributed by atoms with E-state index in [1.54, 1.807) is 6.07 Å². The van der Waals surface area contributed by atoms with Crippen LogP contribution in [0.5, 0.6) is 0 Å². The van der Waals surface area contributed by atoms with Crippen molar-refractivity contribution in [2.45, 2.75) is 31.7 Å². The van der Waals surface area contributed by atoms with Gasteiger partial charge in [0, 0.05) is 24.6 Å². The van der Waals surface area contributed by atoms with Gasteiger partial charge in [-0.15, -0.1) is 0 Å². The molecule has 1 aromatic heterocycles. The predicted molar refractivity (Wildman–Crippen MR) is 127 cm³/mol. The highest BCUT2D eigenvalue weighted by Crippen LogP contribution is 2.37. The first-order chi connectivity index (χ1) is 15.5. The highest BCUT2D eigenvalue weighted by Gasteiger charge is 2.35. The van der Waals surface area contributed by atoms with Gasteiger partial charge in [-0.05, 0) is 61.3 Å². The lowest BCUT2D eigenvalue weighted by molar-refractivity contribution is -0.114. The molecule has 4 rings (SSSR count). The number of aromatic nitrogens is 1. The Morgan fingerprint density at radius 3 is 2.41 bits per heavy atom. The number of pyridine rings is 1. The molecule has 1 aliphatic rings. The standard InChI is InChI=1S/C27H28FN3O/c1-21(32)29-24-12-10-23(11-13-24)20-31-18-16-27(17-19-31,25-8-5-9-26(28)30-25)15-14-22-6-3-2-4-7-22/h2-15H,16-20H2,1H3,(H,29,32)/b15-14+. The van der Waals surface area contributed by atoms with E-state index in [4.69, 9.17) is 0 Å². The third-order valence-corrected chi connectivity index (χ3v) is 6.05. The Bertz CT molecular complexity index is 1070. The number of carbonyl (C=O) groups is 1. The molecular weight excluding hydrogens is 401 g/mol. The summed E-state index contributed by atoms with van der Waals surface area (Å²) in [4.78, 5) is 17.9. The second-order valence-corrected chi connectivity index (χ2v) is 8.40. The van der Waals surface area contributed by atoms with Crippen LogP contribution in [0.1, 0.15) is 36.6 Å². The van der Waals surface area contributed by atoms with Crippen molar-refractivity contribution >= 4 is 17.7 Å². The van der Waals surface area contributed by atoms with E-state index in [1.165, 1.54) is 18.6 Å². The zero-order valence-electron chi connectivity index (χ0n) is 18.3. The maximum Gasteiger partial charge on any atom is 0.221 e. The van der Waals surface area contributed by atoms with Gasteiger partial charge in [-0.1, -0.05) is 60.7 Å². The van der Waals surface area contributed by atoms with E-state index >= 15 is 0 Å². The summed E-state index contributed by atoms with van der Waals surface area (Å²) in [6.07, 6.45) is 6.08. The number of anilines is 1. The molecule has 2 aromatic carbocycles. The first-order valence-corrected chi connectivity index (χ1v) is 11.0. The van der Waals surface area contributed by atoms with Crippen LogP contribution in [0.15, 0.2) is 78.9 Å². The summed E-state index contributed by atoms with van der Waals surface area (Å²) >= 11 is 0. The smallest absolute Gasteiger partial charge is 0.221 e. The number of rotatable bonds is 6. The number of hydrogen-bond acceptors (Lipinski definition) is 3. The molecule has 1 saturated heterocycles. The van der Waals surface area contributed by atoms with Crippen LogP contribution in [0.4, 0.5) is 10.1 Å². The minimum absolute atomic E-state index is 0.0698. The Labute approximate surface area is 188 Å². The van der Waals surface area contributed by atoms with Crippen LogP contribution in [0.25, 0.3) is 6.08 Å². The lowest BCUT2D eigenvalue weighted by atomic mass is 9.74. The monoisotopic (exact) mass is 429 g/mol. The van der Waals surface area contributed by atoms with Crippen molar-refractivity contribution in [3.63, 3.8) is 0 Å². The maximum absolute atomic E-state index is 14.0. The number of allylic oxidation sites excluding steroid dienone is 1. The molecule has 0 aliphatic carbocycles. The molecule has 1 amide bonds. The van der Waals surface area contributed by atoms with Crippen molar-refractivity contribution < 1.29 is 9.18 Å². The first kappa shape index (κ1) is 21.9. The van der Waals surface area contributed by atoms with Crippen molar-refractivity contribution in [2.75, 3.05) is 18.4 Å². The van der Waals surface area contributed by atoms with Crippen LogP contribution in [-0.2, 0) is 16.8 Å². The van der Waals surface area contributed by atoms with Gasteiger partial charge in [0.05, 0.1) is 5.69 Å². The molecule has 0 radical (unpaired) electrons. The first-order valence-electron chi connectivity index (χ1n) is 11.0. The molecule has 0 saturated carbocycles. The number of nitrogens with zero attached hydrogens (tertiary/aromatic N) is 2. The van der Waals surface area contributed by atoms with Crippen LogP contribution >= 0.6 is 0 Å². The largest absolute Gasteiger partial charge is 0.326 e. The number of halogens is 1. The summed E-state index contributed by atoms with van der Waals surface area (Å²) in [7, 11) is 0. The van der Waals surface area contributed by atoms with Gasteiger partial charge < -0.3 is 5.32 Å². The summed E-state index contributed by atoms with van der Waals surface area (Å²) in [5.74, 6) is -0.503. The number of nitrogens with one attached hydrogen (secondary N) is 1. The molecule has 2 heterocycles. The molecule has 1 N–H and O–H groups in total. The third-order valence-electron chi connectivity index (χ3n) is 6.05. The summed E-state index contributed by atoms with van der Waals surface area (Å²) in [5.41, 5.74) is 3.65. The van der Waals surface area contributed by atoms with Crippen LogP contribution in [0, 0.1) is 5.95 Å². The molecule has 32 heavy (non-hydrogen) atoms. The number of carbonyl (C=O) groups excluding carboxylic acids is 1.